The van der Waals surface area contributed by atoms with Crippen molar-refractivity contribution in [1.29, 1.82) is 0 Å². The summed E-state index contributed by atoms with van der Waals surface area (Å²) in [5.74, 6) is 1.85. The van der Waals surface area contributed by atoms with Crippen LogP contribution in [0.15, 0.2) is 18.2 Å². The van der Waals surface area contributed by atoms with Gasteiger partial charge >= 0.3 is 0 Å². The number of para-hydroxylation sites is 1. The van der Waals surface area contributed by atoms with Crippen LogP contribution in [0.5, 0.6) is 11.5 Å². The molecule has 0 radical (unpaired) electrons. The summed E-state index contributed by atoms with van der Waals surface area (Å²) >= 11 is 3.44. The second kappa shape index (κ2) is 5.96. The normalized spacial score (nSPS) is 16.2. The largest absolute Gasteiger partial charge is 0.490 e. The first-order valence-electron chi connectivity index (χ1n) is 6.62. The van der Waals surface area contributed by atoms with Crippen molar-refractivity contribution in [3.63, 3.8) is 0 Å². The minimum Gasteiger partial charge on any atom is -0.490 e. The summed E-state index contributed by atoms with van der Waals surface area (Å²) < 4.78 is 11.8. The highest BCUT2D eigenvalue weighted by molar-refractivity contribution is 9.09. The van der Waals surface area contributed by atoms with E-state index in [4.69, 9.17) is 9.47 Å². The third kappa shape index (κ3) is 3.41. The molecule has 3 heteroatoms. The minimum absolute atomic E-state index is 0.0994. The van der Waals surface area contributed by atoms with Crippen molar-refractivity contribution in [3.05, 3.63) is 23.8 Å². The lowest BCUT2D eigenvalue weighted by Gasteiger charge is -2.18. The van der Waals surface area contributed by atoms with E-state index in [-0.39, 0.29) is 5.60 Å². The molecule has 1 aliphatic heterocycles. The Balaban J connectivity index is 1.93. The molecule has 1 heterocycles. The second-order valence-electron chi connectivity index (χ2n) is 5.38. The van der Waals surface area contributed by atoms with E-state index in [1.165, 1.54) is 18.4 Å². The molecule has 1 aliphatic rings. The zero-order chi connectivity index (χ0) is 13.0. The van der Waals surface area contributed by atoms with Gasteiger partial charge in [-0.2, -0.15) is 0 Å². The lowest BCUT2D eigenvalue weighted by Crippen LogP contribution is -2.24. The Morgan fingerprint density at radius 3 is 2.89 bits per heavy atom. The van der Waals surface area contributed by atoms with Gasteiger partial charge < -0.3 is 9.47 Å². The van der Waals surface area contributed by atoms with Crippen LogP contribution >= 0.6 is 15.9 Å². The van der Waals surface area contributed by atoms with Gasteiger partial charge in [0.2, 0.25) is 0 Å². The van der Waals surface area contributed by atoms with Gasteiger partial charge in [-0.05, 0) is 39.2 Å². The Kier molecular flexibility index (Phi) is 4.55. The third-order valence-electron chi connectivity index (χ3n) is 3.09. The molecule has 1 aromatic rings. The zero-order valence-electron chi connectivity index (χ0n) is 11.2. The third-order valence-corrected chi connectivity index (χ3v) is 3.65. The van der Waals surface area contributed by atoms with Gasteiger partial charge in [-0.3, -0.25) is 0 Å². The van der Waals surface area contributed by atoms with E-state index in [0.29, 0.717) is 0 Å². The van der Waals surface area contributed by atoms with Crippen molar-refractivity contribution in [2.45, 2.75) is 45.1 Å². The number of halogens is 1. The number of hydrogen-bond acceptors (Lipinski definition) is 2. The first kappa shape index (κ1) is 13.7. The van der Waals surface area contributed by atoms with Crippen molar-refractivity contribution in [2.24, 2.45) is 0 Å². The predicted molar refractivity (Wildman–Crippen MR) is 78.0 cm³/mol. The second-order valence-corrected chi connectivity index (χ2v) is 6.17. The first-order valence-corrected chi connectivity index (χ1v) is 7.74. The number of hydrogen-bond donors (Lipinski definition) is 0. The van der Waals surface area contributed by atoms with E-state index in [9.17, 15) is 0 Å². The van der Waals surface area contributed by atoms with Gasteiger partial charge in [-0.1, -0.05) is 28.1 Å². The molecule has 0 amide bonds. The van der Waals surface area contributed by atoms with E-state index in [1.807, 2.05) is 6.07 Å². The topological polar surface area (TPSA) is 18.5 Å². The summed E-state index contributed by atoms with van der Waals surface area (Å²) in [7, 11) is 0. The van der Waals surface area contributed by atoms with E-state index in [0.717, 1.165) is 36.3 Å². The van der Waals surface area contributed by atoms with Crippen molar-refractivity contribution in [2.75, 3.05) is 11.9 Å². The summed E-state index contributed by atoms with van der Waals surface area (Å²) in [6, 6.07) is 6.18. The number of rotatable bonds is 6. The molecule has 0 atom stereocenters. The molecule has 0 N–H and O–H groups in total. The Bertz CT molecular complexity index is 401. The van der Waals surface area contributed by atoms with Crippen LogP contribution in [0.4, 0.5) is 0 Å². The summed E-state index contributed by atoms with van der Waals surface area (Å²) in [6.45, 7) is 5.01. The summed E-state index contributed by atoms with van der Waals surface area (Å²) in [6.07, 6.45) is 4.47. The van der Waals surface area contributed by atoms with Crippen LogP contribution < -0.4 is 9.47 Å². The maximum absolute atomic E-state index is 5.97. The van der Waals surface area contributed by atoms with Crippen LogP contribution in [0, 0.1) is 0 Å². The SMILES string of the molecule is CC1(C)Cc2cccc(OCCCCCBr)c2O1. The molecule has 0 bridgehead atoms. The van der Waals surface area contributed by atoms with Crippen LogP contribution in [-0.4, -0.2) is 17.5 Å². The predicted octanol–water partition coefficient (Wildman–Crippen LogP) is 4.34. The van der Waals surface area contributed by atoms with E-state index >= 15 is 0 Å². The molecule has 0 fully saturated rings. The maximum atomic E-state index is 5.97. The van der Waals surface area contributed by atoms with E-state index in [2.05, 4.69) is 41.9 Å². The van der Waals surface area contributed by atoms with Gasteiger partial charge in [0.05, 0.1) is 6.61 Å². The Morgan fingerprint density at radius 2 is 2.11 bits per heavy atom. The lowest BCUT2D eigenvalue weighted by molar-refractivity contribution is 0.132. The maximum Gasteiger partial charge on any atom is 0.165 e. The Labute approximate surface area is 118 Å². The Hall–Kier alpha value is -0.700. The fourth-order valence-electron chi connectivity index (χ4n) is 2.26. The smallest absolute Gasteiger partial charge is 0.165 e. The molecule has 0 saturated carbocycles. The van der Waals surface area contributed by atoms with Crippen molar-refractivity contribution in [3.8, 4) is 11.5 Å². The van der Waals surface area contributed by atoms with Crippen LogP contribution in [0.2, 0.25) is 0 Å². The van der Waals surface area contributed by atoms with Crippen LogP contribution in [0.25, 0.3) is 0 Å². The van der Waals surface area contributed by atoms with Gasteiger partial charge in [0.15, 0.2) is 11.5 Å². The zero-order valence-corrected chi connectivity index (χ0v) is 12.8. The van der Waals surface area contributed by atoms with Crippen LogP contribution in [-0.2, 0) is 6.42 Å². The van der Waals surface area contributed by atoms with Crippen LogP contribution in [0.1, 0.15) is 38.7 Å². The molecule has 2 rings (SSSR count). The standard InChI is InChI=1S/C15H21BrO2/c1-15(2)11-12-7-6-8-13(14(12)18-15)17-10-5-3-4-9-16/h6-8H,3-5,9-11H2,1-2H3. The first-order chi connectivity index (χ1) is 8.62. The highest BCUT2D eigenvalue weighted by Crippen LogP contribution is 2.41. The van der Waals surface area contributed by atoms with Gasteiger partial charge in [0.1, 0.15) is 5.60 Å². The van der Waals surface area contributed by atoms with Gasteiger partial charge in [-0.25, -0.2) is 0 Å². The molecule has 0 unspecified atom stereocenters. The minimum atomic E-state index is -0.0994. The van der Waals surface area contributed by atoms with Gasteiger partial charge in [-0.15, -0.1) is 0 Å². The van der Waals surface area contributed by atoms with Crippen molar-refractivity contribution < 1.29 is 9.47 Å². The molecule has 2 nitrogen and oxygen atoms in total. The molecule has 0 aliphatic carbocycles. The summed E-state index contributed by atoms with van der Waals surface area (Å²) in [4.78, 5) is 0. The molecule has 18 heavy (non-hydrogen) atoms. The molecule has 0 aromatic heterocycles. The van der Waals surface area contributed by atoms with Gasteiger partial charge in [0.25, 0.3) is 0 Å². The van der Waals surface area contributed by atoms with E-state index in [1.54, 1.807) is 0 Å². The number of benzene rings is 1. The van der Waals surface area contributed by atoms with Crippen molar-refractivity contribution in [1.82, 2.24) is 0 Å². The lowest BCUT2D eigenvalue weighted by atomic mass is 10.0. The number of unbranched alkanes of at least 4 members (excludes halogenated alkanes) is 2. The molecular formula is C15H21BrO2. The highest BCUT2D eigenvalue weighted by atomic mass is 79.9. The summed E-state index contributed by atoms with van der Waals surface area (Å²) in [5.41, 5.74) is 1.16. The van der Waals surface area contributed by atoms with Gasteiger partial charge in [0, 0.05) is 17.3 Å². The Morgan fingerprint density at radius 1 is 1.28 bits per heavy atom. The molecule has 1 aromatic carbocycles. The van der Waals surface area contributed by atoms with Crippen molar-refractivity contribution >= 4 is 15.9 Å². The fourth-order valence-corrected chi connectivity index (χ4v) is 2.65. The monoisotopic (exact) mass is 312 g/mol. The van der Waals surface area contributed by atoms with E-state index < -0.39 is 0 Å². The molecule has 0 spiro atoms. The fraction of sp³-hybridized carbons (Fsp3) is 0.600. The molecular weight excluding hydrogens is 292 g/mol. The van der Waals surface area contributed by atoms with Crippen LogP contribution in [0.3, 0.4) is 0 Å². The highest BCUT2D eigenvalue weighted by Gasteiger charge is 2.32. The number of alkyl halides is 1. The number of ether oxygens (including phenoxy) is 2. The average molecular weight is 313 g/mol. The number of fused-ring (bicyclic) bond motifs is 1. The average Bonchev–Trinajstić information content (AvgIpc) is 2.63. The molecule has 100 valence electrons. The molecule has 0 saturated heterocycles. The quantitative estimate of drug-likeness (QED) is 0.574. The summed E-state index contributed by atoms with van der Waals surface area (Å²) in [5, 5.41) is 1.07.